The van der Waals surface area contributed by atoms with Gasteiger partial charge in [-0.3, -0.25) is 0 Å². The summed E-state index contributed by atoms with van der Waals surface area (Å²) < 4.78 is 0. The first-order valence-corrected chi connectivity index (χ1v) is 7.49. The molecule has 2 heterocycles. The molecule has 0 saturated carbocycles. The zero-order valence-electron chi connectivity index (χ0n) is 11.2. The molecule has 0 amide bonds. The molecule has 0 atom stereocenters. The highest BCUT2D eigenvalue weighted by Crippen LogP contribution is 2.27. The Hall–Kier alpha value is -1.16. The van der Waals surface area contributed by atoms with E-state index in [9.17, 15) is 0 Å². The maximum Gasteiger partial charge on any atom is 0.159 e. The third-order valence-electron chi connectivity index (χ3n) is 3.38. The van der Waals surface area contributed by atoms with Crippen LogP contribution in [0.4, 0.5) is 0 Å². The van der Waals surface area contributed by atoms with Crippen molar-refractivity contribution < 1.29 is 0 Å². The number of hydrogen-bond donors (Lipinski definition) is 1. The lowest BCUT2D eigenvalue weighted by atomic mass is 10.1. The zero-order valence-corrected chi connectivity index (χ0v) is 12.7. The van der Waals surface area contributed by atoms with Crippen molar-refractivity contribution in [3.05, 3.63) is 45.2 Å². The summed E-state index contributed by atoms with van der Waals surface area (Å²) in [5, 5.41) is 4.54. The largest absolute Gasteiger partial charge is 0.307 e. The fourth-order valence-electron chi connectivity index (χ4n) is 2.49. The van der Waals surface area contributed by atoms with E-state index in [0.29, 0.717) is 15.9 Å². The maximum atomic E-state index is 6.07. The Balaban J connectivity index is 2.12. The fourth-order valence-corrected chi connectivity index (χ4v) is 3.02. The Morgan fingerprint density at radius 3 is 2.55 bits per heavy atom. The topological polar surface area (TPSA) is 37.8 Å². The van der Waals surface area contributed by atoms with Crippen molar-refractivity contribution in [3.63, 3.8) is 0 Å². The minimum Gasteiger partial charge on any atom is -0.307 e. The monoisotopic (exact) mass is 307 g/mol. The van der Waals surface area contributed by atoms with Crippen LogP contribution in [0.3, 0.4) is 0 Å². The summed E-state index contributed by atoms with van der Waals surface area (Å²) in [5.74, 6) is 0.709. The molecule has 0 fully saturated rings. The summed E-state index contributed by atoms with van der Waals surface area (Å²) >= 11 is 12.1. The van der Waals surface area contributed by atoms with Crippen LogP contribution in [0.15, 0.2) is 18.2 Å². The average Bonchev–Trinajstić information content (AvgIpc) is 2.86. The van der Waals surface area contributed by atoms with Gasteiger partial charge in [-0.15, -0.1) is 0 Å². The Labute approximate surface area is 128 Å². The summed E-state index contributed by atoms with van der Waals surface area (Å²) in [7, 11) is 0. The molecule has 5 heteroatoms. The molecule has 1 aromatic heterocycles. The molecule has 3 rings (SSSR count). The van der Waals surface area contributed by atoms with Crippen LogP contribution in [-0.4, -0.2) is 9.97 Å². The first-order valence-electron chi connectivity index (χ1n) is 6.73. The van der Waals surface area contributed by atoms with E-state index in [1.54, 1.807) is 6.07 Å². The highest BCUT2D eigenvalue weighted by molar-refractivity contribution is 6.35. The Morgan fingerprint density at radius 1 is 1.10 bits per heavy atom. The quantitative estimate of drug-likeness (QED) is 0.931. The molecule has 1 aliphatic heterocycles. The standard InChI is InChI=1S/C15H15Cl2N3/c1-2-3-13-12-7-18-8-14(12)20-15(19-13)9-4-10(16)6-11(17)5-9/h4-6,18H,2-3,7-8H2,1H3. The lowest BCUT2D eigenvalue weighted by Crippen LogP contribution is -2.03. The lowest BCUT2D eigenvalue weighted by Gasteiger charge is -2.09. The van der Waals surface area contributed by atoms with Crippen LogP contribution in [-0.2, 0) is 19.5 Å². The number of nitrogens with zero attached hydrogens (tertiary/aromatic N) is 2. The van der Waals surface area contributed by atoms with Crippen LogP contribution in [0.2, 0.25) is 10.0 Å². The van der Waals surface area contributed by atoms with Gasteiger partial charge in [0.25, 0.3) is 0 Å². The molecule has 0 bridgehead atoms. The number of aryl methyl sites for hydroxylation is 1. The van der Waals surface area contributed by atoms with Crippen LogP contribution in [0.5, 0.6) is 0 Å². The molecule has 0 spiro atoms. The van der Waals surface area contributed by atoms with Gasteiger partial charge >= 0.3 is 0 Å². The molecule has 20 heavy (non-hydrogen) atoms. The Kier molecular flexibility index (Phi) is 3.92. The third kappa shape index (κ3) is 2.66. The zero-order chi connectivity index (χ0) is 14.1. The SMILES string of the molecule is CCCc1nc(-c2cc(Cl)cc(Cl)c2)nc2c1CNC2. The van der Waals surface area contributed by atoms with Crippen molar-refractivity contribution >= 4 is 23.2 Å². The summed E-state index contributed by atoms with van der Waals surface area (Å²) in [6.07, 6.45) is 2.03. The van der Waals surface area contributed by atoms with E-state index in [1.165, 1.54) is 5.56 Å². The average molecular weight is 308 g/mol. The van der Waals surface area contributed by atoms with E-state index in [4.69, 9.17) is 28.2 Å². The molecule has 1 aromatic carbocycles. The predicted molar refractivity (Wildman–Crippen MR) is 82.0 cm³/mol. The van der Waals surface area contributed by atoms with Gasteiger partial charge in [0.15, 0.2) is 5.82 Å². The van der Waals surface area contributed by atoms with Crippen molar-refractivity contribution in [1.29, 1.82) is 0 Å². The summed E-state index contributed by atoms with van der Waals surface area (Å²) in [6.45, 7) is 3.82. The van der Waals surface area contributed by atoms with Gasteiger partial charge in [0.05, 0.1) is 5.69 Å². The summed E-state index contributed by atoms with van der Waals surface area (Å²) in [6, 6.07) is 5.43. The first-order chi connectivity index (χ1) is 9.67. The second-order valence-corrected chi connectivity index (χ2v) is 5.80. The van der Waals surface area contributed by atoms with Crippen molar-refractivity contribution in [1.82, 2.24) is 15.3 Å². The van der Waals surface area contributed by atoms with Crippen LogP contribution in [0.25, 0.3) is 11.4 Å². The minimum absolute atomic E-state index is 0.603. The van der Waals surface area contributed by atoms with Gasteiger partial charge in [0.2, 0.25) is 0 Å². The van der Waals surface area contributed by atoms with E-state index in [1.807, 2.05) is 12.1 Å². The van der Waals surface area contributed by atoms with Gasteiger partial charge in [0, 0.05) is 40.0 Å². The van der Waals surface area contributed by atoms with Crippen LogP contribution < -0.4 is 5.32 Å². The van der Waals surface area contributed by atoms with Crippen molar-refractivity contribution in [2.45, 2.75) is 32.9 Å². The number of hydrogen-bond acceptors (Lipinski definition) is 3. The van der Waals surface area contributed by atoms with Gasteiger partial charge < -0.3 is 5.32 Å². The normalized spacial score (nSPS) is 13.6. The van der Waals surface area contributed by atoms with Crippen LogP contribution >= 0.6 is 23.2 Å². The molecule has 1 N–H and O–H groups in total. The molecule has 0 aliphatic carbocycles. The van der Waals surface area contributed by atoms with Crippen molar-refractivity contribution in [3.8, 4) is 11.4 Å². The smallest absolute Gasteiger partial charge is 0.159 e. The predicted octanol–water partition coefficient (Wildman–Crippen LogP) is 4.01. The third-order valence-corrected chi connectivity index (χ3v) is 3.82. The number of fused-ring (bicyclic) bond motifs is 1. The van der Waals surface area contributed by atoms with Gasteiger partial charge in [-0.25, -0.2) is 9.97 Å². The van der Waals surface area contributed by atoms with E-state index in [-0.39, 0.29) is 0 Å². The first kappa shape index (κ1) is 13.8. The number of benzene rings is 1. The van der Waals surface area contributed by atoms with Gasteiger partial charge in [-0.05, 0) is 24.6 Å². The number of aromatic nitrogens is 2. The molecule has 2 aromatic rings. The number of rotatable bonds is 3. The highest BCUT2D eigenvalue weighted by Gasteiger charge is 2.19. The van der Waals surface area contributed by atoms with E-state index in [2.05, 4.69) is 17.2 Å². The highest BCUT2D eigenvalue weighted by atomic mass is 35.5. The maximum absolute atomic E-state index is 6.07. The van der Waals surface area contributed by atoms with Gasteiger partial charge in [0.1, 0.15) is 0 Å². The number of halogens is 2. The molecular weight excluding hydrogens is 293 g/mol. The Bertz CT molecular complexity index is 636. The van der Waals surface area contributed by atoms with Crippen LogP contribution in [0, 0.1) is 0 Å². The molecule has 0 unspecified atom stereocenters. The number of nitrogens with one attached hydrogen (secondary N) is 1. The molecule has 0 radical (unpaired) electrons. The summed E-state index contributed by atoms with van der Waals surface area (Å²) in [5.41, 5.74) is 4.35. The van der Waals surface area contributed by atoms with Gasteiger partial charge in [-0.1, -0.05) is 36.5 Å². The summed E-state index contributed by atoms with van der Waals surface area (Å²) in [4.78, 5) is 9.38. The van der Waals surface area contributed by atoms with Gasteiger partial charge in [-0.2, -0.15) is 0 Å². The molecular formula is C15H15Cl2N3. The molecule has 104 valence electrons. The molecule has 1 aliphatic rings. The molecule has 0 saturated heterocycles. The van der Waals surface area contributed by atoms with E-state index >= 15 is 0 Å². The van der Waals surface area contributed by atoms with Crippen LogP contribution in [0.1, 0.15) is 30.3 Å². The van der Waals surface area contributed by atoms with E-state index in [0.717, 1.165) is 42.9 Å². The van der Waals surface area contributed by atoms with Crippen molar-refractivity contribution in [2.24, 2.45) is 0 Å². The lowest BCUT2D eigenvalue weighted by molar-refractivity contribution is 0.753. The minimum atomic E-state index is 0.603. The van der Waals surface area contributed by atoms with Crippen molar-refractivity contribution in [2.75, 3.05) is 0 Å². The Morgan fingerprint density at radius 2 is 1.85 bits per heavy atom. The second kappa shape index (κ2) is 5.68. The molecule has 3 nitrogen and oxygen atoms in total. The fraction of sp³-hybridized carbons (Fsp3) is 0.333. The second-order valence-electron chi connectivity index (χ2n) is 4.93. The van der Waals surface area contributed by atoms with E-state index < -0.39 is 0 Å².